The summed E-state index contributed by atoms with van der Waals surface area (Å²) in [5, 5.41) is 78.6. The highest BCUT2D eigenvalue weighted by atomic mass is 16.7. The van der Waals surface area contributed by atoms with E-state index in [1.54, 1.807) is 91.9 Å². The van der Waals surface area contributed by atoms with Gasteiger partial charge in [-0.05, 0) is 208 Å². The molecule has 15 aliphatic heterocycles. The molecule has 15 heterocycles. The summed E-state index contributed by atoms with van der Waals surface area (Å²) in [4.78, 5) is 92.5. The van der Waals surface area contributed by atoms with Gasteiger partial charge in [-0.25, -0.2) is 9.59 Å². The number of likely N-dealkylation sites (N-methyl/N-ethyl adjacent to an activating group) is 3. The number of nitriles is 3. The van der Waals surface area contributed by atoms with E-state index in [0.29, 0.717) is 148 Å². The van der Waals surface area contributed by atoms with E-state index in [1.807, 2.05) is 69.5 Å². The molecule has 140 heavy (non-hydrogen) atoms. The largest absolute Gasteiger partial charge is 0.507 e. The van der Waals surface area contributed by atoms with Crippen molar-refractivity contribution >= 4 is 35.6 Å². The molecular formula is C109H110N12O19. The Morgan fingerprint density at radius 1 is 0.393 bits per heavy atom. The van der Waals surface area contributed by atoms with E-state index in [4.69, 9.17) is 43.6 Å². The second kappa shape index (κ2) is 35.2. The van der Waals surface area contributed by atoms with E-state index in [1.165, 1.54) is 9.80 Å². The molecule has 15 aliphatic rings. The van der Waals surface area contributed by atoms with Gasteiger partial charge in [0.05, 0.1) is 87.8 Å². The molecule has 0 aromatic heterocycles. The van der Waals surface area contributed by atoms with Gasteiger partial charge < -0.3 is 68.8 Å². The lowest BCUT2D eigenvalue weighted by molar-refractivity contribution is -0.0757. The Labute approximate surface area is 810 Å². The van der Waals surface area contributed by atoms with Crippen LogP contribution in [0.25, 0.3) is 0 Å². The highest BCUT2D eigenvalue weighted by Crippen LogP contribution is 2.64. The number of benzene rings is 9. The molecule has 15 atom stereocenters. The van der Waals surface area contributed by atoms with E-state index < -0.39 is 47.9 Å². The number of nitrogens with two attached hydrogens (primary N) is 1. The molecule has 31 nitrogen and oxygen atoms in total. The van der Waals surface area contributed by atoms with Gasteiger partial charge in [-0.1, -0.05) is 87.3 Å². The number of piperazine rings is 3. The maximum atomic E-state index is 13.8. The molecule has 31 heteroatoms. The van der Waals surface area contributed by atoms with Gasteiger partial charge in [-0.2, -0.15) is 15.8 Å². The minimum atomic E-state index is -0.675. The van der Waals surface area contributed by atoms with Crippen molar-refractivity contribution in [3.8, 4) is 87.2 Å². The Morgan fingerprint density at radius 3 is 1.01 bits per heavy atom. The van der Waals surface area contributed by atoms with Crippen LogP contribution >= 0.6 is 0 Å². The van der Waals surface area contributed by atoms with Crippen LogP contribution in [0.2, 0.25) is 0 Å². The average molecular weight is 1890 g/mol. The number of esters is 2. The zero-order valence-corrected chi connectivity index (χ0v) is 79.2. The molecule has 3 unspecified atom stereocenters. The molecule has 24 rings (SSSR count). The van der Waals surface area contributed by atoms with E-state index in [-0.39, 0.29) is 143 Å². The van der Waals surface area contributed by atoms with Gasteiger partial charge in [0, 0.05) is 123 Å². The average Bonchev–Trinajstić information content (AvgIpc) is 1.00. The number of amides is 4. The maximum absolute atomic E-state index is 13.8. The van der Waals surface area contributed by atoms with Gasteiger partial charge in [0.2, 0.25) is 20.4 Å². The summed E-state index contributed by atoms with van der Waals surface area (Å²) in [5.74, 6) is 3.20. The Hall–Kier alpha value is -14.3. The van der Waals surface area contributed by atoms with Crippen LogP contribution in [0.5, 0.6) is 69.0 Å². The van der Waals surface area contributed by atoms with Crippen LogP contribution in [-0.4, -0.2) is 224 Å². The normalized spacial score (nSPS) is 25.4. The number of rotatable bonds is 11. The molecular weight excluding hydrogens is 1780 g/mol. The first kappa shape index (κ1) is 93.3. The second-order valence-corrected chi connectivity index (χ2v) is 38.7. The minimum absolute atomic E-state index is 0. The molecule has 0 aliphatic carbocycles. The number of aryl methyl sites for hydroxylation is 3. The van der Waals surface area contributed by atoms with Crippen LogP contribution in [0.3, 0.4) is 0 Å². The molecule has 3 saturated heterocycles. The monoisotopic (exact) mass is 1890 g/mol. The number of hydrogen-bond donors (Lipinski definition) is 5. The van der Waals surface area contributed by atoms with Gasteiger partial charge in [0.15, 0.2) is 34.5 Å². The number of carbonyl (C=O) groups is 6. The summed E-state index contributed by atoms with van der Waals surface area (Å²) < 4.78 is 52.9. The molecule has 6 N–H and O–H groups in total. The molecule has 3 fully saturated rings. The topological polar surface area (TPSA) is 390 Å². The number of aromatic hydroxyl groups is 4. The summed E-state index contributed by atoms with van der Waals surface area (Å²) in [6.07, 6.45) is 6.71. The Morgan fingerprint density at radius 2 is 0.686 bits per heavy atom. The van der Waals surface area contributed by atoms with Gasteiger partial charge in [0.25, 0.3) is 23.6 Å². The number of carbonyl (C=O) groups excluding carboxylic acids is 6. The van der Waals surface area contributed by atoms with E-state index in [9.17, 15) is 65.0 Å². The van der Waals surface area contributed by atoms with Gasteiger partial charge in [-0.15, -0.1) is 0 Å². The van der Waals surface area contributed by atoms with E-state index in [0.717, 1.165) is 106 Å². The summed E-state index contributed by atoms with van der Waals surface area (Å²) in [6.45, 7) is 26.3. The van der Waals surface area contributed by atoms with Crippen molar-refractivity contribution in [2.45, 2.75) is 199 Å². The fraction of sp³-hybridized carbons (Fsp3) is 0.385. The molecule has 0 radical (unpaired) electrons. The first-order valence-electron chi connectivity index (χ1n) is 47.0. The van der Waals surface area contributed by atoms with E-state index in [2.05, 4.69) is 90.7 Å². The van der Waals surface area contributed by atoms with Crippen molar-refractivity contribution in [3.63, 3.8) is 0 Å². The zero-order valence-electron chi connectivity index (χ0n) is 79.2. The third-order valence-electron chi connectivity index (χ3n) is 32.3. The molecule has 0 saturated carbocycles. The van der Waals surface area contributed by atoms with Crippen LogP contribution in [0.1, 0.15) is 223 Å². The van der Waals surface area contributed by atoms with Crippen molar-refractivity contribution in [1.29, 1.82) is 15.8 Å². The number of phenols is 4. The lowest BCUT2D eigenvalue weighted by atomic mass is 9.71. The van der Waals surface area contributed by atoms with Crippen molar-refractivity contribution in [2.24, 2.45) is 5.73 Å². The van der Waals surface area contributed by atoms with Crippen molar-refractivity contribution in [2.75, 3.05) is 74.4 Å². The fourth-order valence-electron chi connectivity index (χ4n) is 25.5. The first-order chi connectivity index (χ1) is 66.9. The number of ether oxygens (including phenoxy) is 9. The summed E-state index contributed by atoms with van der Waals surface area (Å²) in [6, 6.07) is 29.4. The highest BCUT2D eigenvalue weighted by Gasteiger charge is 2.62. The predicted molar refractivity (Wildman–Crippen MR) is 512 cm³/mol. The molecule has 4 amide bonds. The van der Waals surface area contributed by atoms with Crippen LogP contribution in [0.4, 0.5) is 0 Å². The summed E-state index contributed by atoms with van der Waals surface area (Å²) in [5.41, 5.74) is 27.3. The van der Waals surface area contributed by atoms with Gasteiger partial charge in [-0.3, -0.25) is 58.4 Å². The molecule has 720 valence electrons. The lowest BCUT2D eigenvalue weighted by Gasteiger charge is -2.60. The first-order valence-corrected chi connectivity index (χ1v) is 47.0. The number of fused-ring (bicyclic) bond motifs is 30. The Bertz CT molecular complexity index is 6930. The third kappa shape index (κ3) is 13.7. The van der Waals surface area contributed by atoms with Gasteiger partial charge in [0.1, 0.15) is 65.8 Å². The standard InChI is InChI=1S/C37H36N4O6.C34H32N4O6.C29H34N4O4.C8H4O3.CH4/c1-6-11-45-33-20(4)34-35(47-17-46-34)30-24(33)14-26-31-29-21(12-18(2)19(3)32(29)42)13-25(39(31)5)27(15-38)41(26)28(30)16-40-36(43)22-9-7-8-10-23(22)37(40)44;1-15-9-18-10-22-24(12-35)38-23(28(36(22)4)26(18)30(40)16(15)2)11-21-27(32-31(43-14-44-32)17(3)29(21)39)25(38)13-37-33(41)19-7-5-6-8-20(19)34(37)42;1-6-7-35-27-16(4)28-29(37-13-36-28)24-18(27)10-20-25-23-17(8-14(2)15(3)26(23)34)9-19(32(25)5)21(11-30)33(20)22(24)12-31;9-7-5-3-1-2-4-6(5)8(10)11-7;/h6-10,12,25-28,31,42H,1,11,13-14,16-17H2,2-5H3;5-9,22-25,28,39-40H,10-11,13-14H2,1-4H3;6,8,19-22,25,34H,1,7,9-10,12-13,31H2,2-5H3;1-4H;1H4/t25-,26?,27-,28-,31-;22-,23?,24-,25-,28-;19-,20?,21-,22-,25-;;/m000../s1. The third-order valence-corrected chi connectivity index (χ3v) is 32.3. The Balaban J connectivity index is 0.000000122. The molecule has 6 bridgehead atoms. The smallest absolute Gasteiger partial charge is 0.346 e. The van der Waals surface area contributed by atoms with Crippen LogP contribution in [-0.2, 0) is 43.3 Å². The number of cyclic esters (lactones) is 2. The zero-order chi connectivity index (χ0) is 97.7. The van der Waals surface area contributed by atoms with Crippen molar-refractivity contribution in [3.05, 3.63) is 267 Å². The summed E-state index contributed by atoms with van der Waals surface area (Å²) >= 11 is 0. The van der Waals surface area contributed by atoms with Gasteiger partial charge >= 0.3 is 11.9 Å². The van der Waals surface area contributed by atoms with Crippen molar-refractivity contribution in [1.82, 2.24) is 39.2 Å². The molecule has 9 aromatic rings. The number of hydrogen-bond acceptors (Lipinski definition) is 29. The predicted octanol–water partition coefficient (Wildman–Crippen LogP) is 13.5. The minimum Gasteiger partial charge on any atom is -0.507 e. The number of imide groups is 2. The quantitative estimate of drug-likeness (QED) is 0.0347. The number of phenolic OH excluding ortho intramolecular Hbond substituents is 4. The van der Waals surface area contributed by atoms with E-state index >= 15 is 0 Å². The number of nitrogens with zero attached hydrogens (tertiary/aromatic N) is 11. The Kier molecular flexibility index (Phi) is 23.5. The molecule has 9 aromatic carbocycles. The van der Waals surface area contributed by atoms with Crippen LogP contribution in [0, 0.1) is 96.3 Å². The summed E-state index contributed by atoms with van der Waals surface area (Å²) in [7, 11) is 6.11. The van der Waals surface area contributed by atoms with Crippen molar-refractivity contribution < 1.29 is 91.8 Å². The molecule has 0 spiro atoms. The maximum Gasteiger partial charge on any atom is 0.346 e. The fourth-order valence-corrected chi connectivity index (χ4v) is 25.5. The highest BCUT2D eigenvalue weighted by molar-refractivity contribution is 6.22. The lowest BCUT2D eigenvalue weighted by Crippen LogP contribution is -2.68. The SMILES string of the molecule is C.C=CCOc1c(C)c2c(c3c1CC1[C@H]4c5c(cc(C)c(C)c5O)C[C@@H]([C@H](C#N)N1[C@H]3CN)N4C)OCO2.C=CCOc1c(C)c2c(c3c1CC1[C@H]4c5c(cc(C)c(C)c5O)C[C@@H]([C@H](C#N)N1[C@H]3CN1C(=O)c3ccccc3C1=O)N4C)OCO2.Cc1cc2c(c(O)c1C)[C@@H]1C3Cc4c(O)c(C)c5c(c4[C@H](CN4C(=O)c6ccccc6C4=O)N3[C@@H](C#N)[C@H](C2)N1C)OCO5.O=C1OC(=O)c2ccccc21. The van der Waals surface area contributed by atoms with Crippen LogP contribution < -0.4 is 43.6 Å². The second-order valence-electron chi connectivity index (χ2n) is 38.7. The van der Waals surface area contributed by atoms with Crippen LogP contribution in [0.15, 0.2) is 116 Å².